The average molecular weight is 451 g/mol. The van der Waals surface area contributed by atoms with E-state index >= 15 is 0 Å². The summed E-state index contributed by atoms with van der Waals surface area (Å²) in [5.74, 6) is 1.39. The van der Waals surface area contributed by atoms with E-state index in [0.29, 0.717) is 5.92 Å². The summed E-state index contributed by atoms with van der Waals surface area (Å²) in [6, 6.07) is 27.1. The summed E-state index contributed by atoms with van der Waals surface area (Å²) in [5, 5.41) is 1.35. The van der Waals surface area contributed by atoms with Crippen LogP contribution in [0.15, 0.2) is 78.9 Å². The molecule has 4 nitrogen and oxygen atoms in total. The molecule has 2 atom stereocenters. The number of methoxy groups -OCH3 is 1. The number of ether oxygens (including phenoxy) is 1. The quantitative estimate of drug-likeness (QED) is 0.420. The Kier molecular flexibility index (Phi) is 4.98. The number of aryl methyl sites for hydroxylation is 1. The van der Waals surface area contributed by atoms with Crippen LogP contribution in [0.4, 0.5) is 0 Å². The van der Waals surface area contributed by atoms with Crippen molar-refractivity contribution < 1.29 is 9.53 Å². The van der Waals surface area contributed by atoms with Gasteiger partial charge in [-0.3, -0.25) is 4.79 Å². The van der Waals surface area contributed by atoms with Crippen LogP contribution >= 0.6 is 0 Å². The number of piperidine rings is 1. The highest BCUT2D eigenvalue weighted by Gasteiger charge is 2.49. The molecule has 2 heterocycles. The van der Waals surface area contributed by atoms with Crippen LogP contribution in [0.1, 0.15) is 33.6 Å². The molecule has 0 radical (unpaired) electrons. The summed E-state index contributed by atoms with van der Waals surface area (Å²) < 4.78 is 8.00. The summed E-state index contributed by atoms with van der Waals surface area (Å²) in [6.07, 6.45) is 2.91. The first-order valence-corrected chi connectivity index (χ1v) is 12.1. The Morgan fingerprint density at radius 1 is 1.00 bits per heavy atom. The van der Waals surface area contributed by atoms with Gasteiger partial charge in [-0.15, -0.1) is 0 Å². The third-order valence-corrected chi connectivity index (χ3v) is 8.28. The fourth-order valence-corrected chi connectivity index (χ4v) is 6.45. The molecule has 0 saturated carbocycles. The molecule has 4 heteroatoms. The van der Waals surface area contributed by atoms with Crippen molar-refractivity contribution in [1.82, 2.24) is 9.47 Å². The Bertz CT molecular complexity index is 1370. The Morgan fingerprint density at radius 3 is 2.62 bits per heavy atom. The second-order valence-electron chi connectivity index (χ2n) is 9.83. The van der Waals surface area contributed by atoms with E-state index in [1.54, 1.807) is 7.11 Å². The minimum atomic E-state index is -0.0167. The lowest BCUT2D eigenvalue weighted by Crippen LogP contribution is -2.55. The Labute approximate surface area is 200 Å². The van der Waals surface area contributed by atoms with Crippen LogP contribution in [0.5, 0.6) is 5.75 Å². The van der Waals surface area contributed by atoms with Crippen LogP contribution in [-0.2, 0) is 25.3 Å². The van der Waals surface area contributed by atoms with Gasteiger partial charge in [0, 0.05) is 47.7 Å². The molecule has 2 unspecified atom stereocenters. The van der Waals surface area contributed by atoms with Crippen molar-refractivity contribution in [2.24, 2.45) is 13.0 Å². The molecule has 172 valence electrons. The van der Waals surface area contributed by atoms with Gasteiger partial charge in [-0.25, -0.2) is 0 Å². The van der Waals surface area contributed by atoms with Crippen molar-refractivity contribution >= 4 is 16.8 Å². The minimum absolute atomic E-state index is 0.0167. The smallest absolute Gasteiger partial charge is 0.253 e. The largest absolute Gasteiger partial charge is 0.497 e. The lowest BCUT2D eigenvalue weighted by molar-refractivity contribution is 0.0498. The van der Waals surface area contributed by atoms with Crippen molar-refractivity contribution in [1.29, 1.82) is 0 Å². The molecule has 2 aliphatic rings. The first-order chi connectivity index (χ1) is 16.6. The number of nitrogens with zero attached hydrogens (tertiary/aromatic N) is 2. The van der Waals surface area contributed by atoms with Gasteiger partial charge in [-0.2, -0.15) is 0 Å². The topological polar surface area (TPSA) is 34.5 Å². The minimum Gasteiger partial charge on any atom is -0.497 e. The molecule has 1 aliphatic heterocycles. The predicted molar refractivity (Wildman–Crippen MR) is 135 cm³/mol. The summed E-state index contributed by atoms with van der Waals surface area (Å²) in [5.41, 5.74) is 6.28. The van der Waals surface area contributed by atoms with E-state index in [9.17, 15) is 4.79 Å². The van der Waals surface area contributed by atoms with Gasteiger partial charge in [0.05, 0.1) is 7.11 Å². The lowest BCUT2D eigenvalue weighted by Gasteiger charge is -2.51. The van der Waals surface area contributed by atoms with E-state index in [1.165, 1.54) is 27.7 Å². The van der Waals surface area contributed by atoms with E-state index in [0.717, 1.165) is 43.7 Å². The molecule has 1 aromatic heterocycles. The third kappa shape index (κ3) is 3.16. The molecular weight excluding hydrogens is 420 g/mol. The summed E-state index contributed by atoms with van der Waals surface area (Å²) in [4.78, 5) is 15.5. The number of para-hydroxylation sites is 1. The summed E-state index contributed by atoms with van der Waals surface area (Å²) in [7, 11) is 3.94. The van der Waals surface area contributed by atoms with Gasteiger partial charge in [0.15, 0.2) is 0 Å². The van der Waals surface area contributed by atoms with Crippen LogP contribution in [0, 0.1) is 5.92 Å². The van der Waals surface area contributed by atoms with Crippen molar-refractivity contribution in [3.05, 3.63) is 101 Å². The number of aromatic nitrogens is 1. The van der Waals surface area contributed by atoms with Crippen LogP contribution in [0.3, 0.4) is 0 Å². The fourth-order valence-electron chi connectivity index (χ4n) is 6.45. The highest BCUT2D eigenvalue weighted by molar-refractivity contribution is 5.94. The van der Waals surface area contributed by atoms with E-state index in [-0.39, 0.29) is 11.3 Å². The van der Waals surface area contributed by atoms with Gasteiger partial charge >= 0.3 is 0 Å². The Hall–Kier alpha value is -3.53. The number of amides is 1. The zero-order chi connectivity index (χ0) is 23.3. The maximum absolute atomic E-state index is 13.4. The SMILES string of the molecule is COc1cccc(C23CCN(C(=O)c4ccccc4)CC2Cc2c(n(C)c4ccccc24)C3)c1. The van der Waals surface area contributed by atoms with E-state index in [4.69, 9.17) is 4.74 Å². The van der Waals surface area contributed by atoms with Crippen molar-refractivity contribution in [2.45, 2.75) is 24.7 Å². The summed E-state index contributed by atoms with van der Waals surface area (Å²) >= 11 is 0. The van der Waals surface area contributed by atoms with Gasteiger partial charge in [0.25, 0.3) is 5.91 Å². The van der Waals surface area contributed by atoms with Gasteiger partial charge in [0.2, 0.25) is 0 Å². The first kappa shape index (κ1) is 21.0. The molecule has 0 N–H and O–H groups in total. The highest BCUT2D eigenvalue weighted by Crippen LogP contribution is 2.50. The molecule has 0 spiro atoms. The third-order valence-electron chi connectivity index (χ3n) is 8.28. The van der Waals surface area contributed by atoms with Crippen LogP contribution in [-0.4, -0.2) is 35.6 Å². The van der Waals surface area contributed by atoms with E-state index in [1.807, 2.05) is 36.4 Å². The molecule has 1 saturated heterocycles. The van der Waals surface area contributed by atoms with E-state index in [2.05, 4.69) is 59.0 Å². The number of hydrogen-bond donors (Lipinski definition) is 0. The number of carbonyl (C=O) groups excluding carboxylic acids is 1. The second kappa shape index (κ2) is 8.05. The first-order valence-electron chi connectivity index (χ1n) is 12.1. The maximum atomic E-state index is 13.4. The lowest BCUT2D eigenvalue weighted by atomic mass is 9.58. The number of hydrogen-bond acceptors (Lipinski definition) is 2. The Balaban J connectivity index is 1.45. The second-order valence-corrected chi connectivity index (χ2v) is 9.83. The summed E-state index contributed by atoms with van der Waals surface area (Å²) in [6.45, 7) is 1.54. The number of likely N-dealkylation sites (tertiary alicyclic amines) is 1. The molecule has 1 amide bonds. The van der Waals surface area contributed by atoms with Crippen molar-refractivity contribution in [2.75, 3.05) is 20.2 Å². The molecular formula is C30H30N2O2. The van der Waals surface area contributed by atoms with Crippen molar-refractivity contribution in [3.63, 3.8) is 0 Å². The molecule has 1 fully saturated rings. The molecule has 34 heavy (non-hydrogen) atoms. The zero-order valence-electron chi connectivity index (χ0n) is 19.8. The van der Waals surface area contributed by atoms with Gasteiger partial charge in [0.1, 0.15) is 5.75 Å². The molecule has 3 aromatic carbocycles. The van der Waals surface area contributed by atoms with Gasteiger partial charge < -0.3 is 14.2 Å². The van der Waals surface area contributed by atoms with Crippen molar-refractivity contribution in [3.8, 4) is 5.75 Å². The molecule has 4 aromatic rings. The standard InChI is InChI=1S/C30H30N2O2/c1-31-27-14-7-6-13-25(27)26-18-23-20-32(29(33)21-9-4-3-5-10-21)16-15-30(23,19-28(26)31)22-11-8-12-24(17-22)34-2/h3-14,17,23H,15-16,18-20H2,1-2H3. The van der Waals surface area contributed by atoms with Crippen LogP contribution in [0.25, 0.3) is 10.9 Å². The highest BCUT2D eigenvalue weighted by atomic mass is 16.5. The molecule has 6 rings (SSSR count). The predicted octanol–water partition coefficient (Wildman–Crippen LogP) is 5.39. The number of rotatable bonds is 3. The maximum Gasteiger partial charge on any atom is 0.253 e. The number of fused-ring (bicyclic) bond motifs is 4. The van der Waals surface area contributed by atoms with E-state index < -0.39 is 0 Å². The van der Waals surface area contributed by atoms with Crippen LogP contribution < -0.4 is 4.74 Å². The Morgan fingerprint density at radius 2 is 1.79 bits per heavy atom. The monoisotopic (exact) mass is 450 g/mol. The fraction of sp³-hybridized carbons (Fsp3) is 0.300. The zero-order valence-corrected chi connectivity index (χ0v) is 19.8. The van der Waals surface area contributed by atoms with Gasteiger partial charge in [-0.05, 0) is 66.6 Å². The normalized spacial score (nSPS) is 21.7. The van der Waals surface area contributed by atoms with Gasteiger partial charge in [-0.1, -0.05) is 48.5 Å². The number of benzene rings is 3. The van der Waals surface area contributed by atoms with Crippen LogP contribution in [0.2, 0.25) is 0 Å². The molecule has 1 aliphatic carbocycles. The number of carbonyl (C=O) groups is 1. The molecule has 0 bridgehead atoms. The average Bonchev–Trinajstić information content (AvgIpc) is 3.18.